The zero-order valence-corrected chi connectivity index (χ0v) is 22.1. The van der Waals surface area contributed by atoms with Crippen LogP contribution in [0.15, 0.2) is 81.6 Å². The lowest BCUT2D eigenvalue weighted by Gasteiger charge is -2.15. The molecule has 0 fully saturated rings. The third-order valence-electron chi connectivity index (χ3n) is 5.67. The number of benzene rings is 3. The number of halogens is 1. The summed E-state index contributed by atoms with van der Waals surface area (Å²) < 4.78 is 40.9. The normalized spacial score (nSPS) is 11.7. The van der Waals surface area contributed by atoms with Gasteiger partial charge in [0.1, 0.15) is 5.82 Å². The highest BCUT2D eigenvalue weighted by molar-refractivity contribution is 7.99. The molecule has 4 rings (SSSR count). The van der Waals surface area contributed by atoms with E-state index in [0.717, 1.165) is 16.1 Å². The molecular formula is C26H25FN4O4S2. The van der Waals surface area contributed by atoms with Crippen molar-refractivity contribution in [2.45, 2.75) is 23.5 Å². The van der Waals surface area contributed by atoms with Gasteiger partial charge >= 0.3 is 0 Å². The summed E-state index contributed by atoms with van der Waals surface area (Å²) in [5, 5.41) is 3.53. The van der Waals surface area contributed by atoms with Crippen LogP contribution in [0.1, 0.15) is 11.1 Å². The Bertz CT molecular complexity index is 1640. The molecule has 0 spiro atoms. The molecule has 0 saturated carbocycles. The van der Waals surface area contributed by atoms with Crippen LogP contribution in [-0.2, 0) is 21.4 Å². The van der Waals surface area contributed by atoms with Gasteiger partial charge in [0, 0.05) is 19.8 Å². The van der Waals surface area contributed by atoms with Crippen LogP contribution in [0.2, 0.25) is 0 Å². The van der Waals surface area contributed by atoms with Crippen LogP contribution in [0.5, 0.6) is 0 Å². The Morgan fingerprint density at radius 2 is 1.78 bits per heavy atom. The van der Waals surface area contributed by atoms with E-state index in [4.69, 9.17) is 0 Å². The van der Waals surface area contributed by atoms with E-state index in [1.54, 1.807) is 49.4 Å². The van der Waals surface area contributed by atoms with Crippen molar-refractivity contribution in [1.82, 2.24) is 13.9 Å². The van der Waals surface area contributed by atoms with Crippen LogP contribution in [0.3, 0.4) is 0 Å². The molecular weight excluding hydrogens is 515 g/mol. The predicted molar refractivity (Wildman–Crippen MR) is 143 cm³/mol. The number of nitrogens with zero attached hydrogens (tertiary/aromatic N) is 3. The number of sulfonamides is 1. The number of amides is 1. The average molecular weight is 541 g/mol. The van der Waals surface area contributed by atoms with Gasteiger partial charge in [0.05, 0.1) is 28.1 Å². The fourth-order valence-corrected chi connectivity index (χ4v) is 5.32. The maximum atomic E-state index is 13.4. The number of thioether (sulfide) groups is 1. The van der Waals surface area contributed by atoms with E-state index in [9.17, 15) is 22.4 Å². The molecule has 0 atom stereocenters. The lowest BCUT2D eigenvalue weighted by molar-refractivity contribution is -0.113. The van der Waals surface area contributed by atoms with Gasteiger partial charge in [-0.05, 0) is 54.4 Å². The number of carbonyl (C=O) groups excluding carboxylic acids is 1. The first kappa shape index (κ1) is 26.5. The number of carbonyl (C=O) groups is 1. The van der Waals surface area contributed by atoms with Gasteiger partial charge in [-0.25, -0.2) is 22.1 Å². The number of rotatable bonds is 8. The lowest BCUT2D eigenvalue weighted by Crippen LogP contribution is -2.25. The van der Waals surface area contributed by atoms with E-state index in [1.165, 1.54) is 42.9 Å². The van der Waals surface area contributed by atoms with Gasteiger partial charge in [-0.15, -0.1) is 0 Å². The molecule has 1 N–H and O–H groups in total. The fourth-order valence-electron chi connectivity index (χ4n) is 3.59. The van der Waals surface area contributed by atoms with Crippen molar-refractivity contribution in [2.24, 2.45) is 0 Å². The van der Waals surface area contributed by atoms with Crippen LogP contribution in [0.4, 0.5) is 10.1 Å². The number of fused-ring (bicyclic) bond motifs is 1. The minimum absolute atomic E-state index is 0.0652. The van der Waals surface area contributed by atoms with Crippen LogP contribution in [0.25, 0.3) is 10.9 Å². The smallest absolute Gasteiger partial charge is 0.262 e. The molecule has 0 saturated heterocycles. The molecule has 3 aromatic carbocycles. The molecule has 8 nitrogen and oxygen atoms in total. The molecule has 0 aliphatic rings. The Labute approximate surface area is 218 Å². The minimum Gasteiger partial charge on any atom is -0.325 e. The predicted octanol–water partition coefficient (Wildman–Crippen LogP) is 3.87. The lowest BCUT2D eigenvalue weighted by atomic mass is 10.2. The molecule has 192 valence electrons. The Kier molecular flexibility index (Phi) is 7.76. The summed E-state index contributed by atoms with van der Waals surface area (Å²) in [5.74, 6) is -0.835. The van der Waals surface area contributed by atoms with Crippen molar-refractivity contribution in [1.29, 1.82) is 0 Å². The number of hydrogen-bond acceptors (Lipinski definition) is 6. The molecule has 0 aliphatic carbocycles. The Balaban J connectivity index is 1.59. The van der Waals surface area contributed by atoms with Crippen molar-refractivity contribution < 1.29 is 17.6 Å². The molecule has 0 radical (unpaired) electrons. The van der Waals surface area contributed by atoms with Crippen LogP contribution < -0.4 is 10.9 Å². The highest BCUT2D eigenvalue weighted by Gasteiger charge is 2.19. The SMILES string of the molecule is Cc1ccc(S(=O)(=O)N(C)C)cc1NC(=O)CSc1nc2ccccc2c(=O)n1Cc1ccc(F)cc1. The van der Waals surface area contributed by atoms with Gasteiger partial charge in [-0.2, -0.15) is 0 Å². The molecule has 37 heavy (non-hydrogen) atoms. The summed E-state index contributed by atoms with van der Waals surface area (Å²) in [6.07, 6.45) is 0. The summed E-state index contributed by atoms with van der Waals surface area (Å²) in [6, 6.07) is 17.3. The second kappa shape index (κ2) is 10.8. The van der Waals surface area contributed by atoms with Crippen LogP contribution in [0, 0.1) is 12.7 Å². The first-order chi connectivity index (χ1) is 17.6. The second-order valence-electron chi connectivity index (χ2n) is 8.53. The first-order valence-corrected chi connectivity index (χ1v) is 13.7. The zero-order chi connectivity index (χ0) is 26.7. The van der Waals surface area contributed by atoms with Gasteiger partial charge in [0.15, 0.2) is 5.16 Å². The van der Waals surface area contributed by atoms with E-state index >= 15 is 0 Å². The highest BCUT2D eigenvalue weighted by atomic mass is 32.2. The maximum Gasteiger partial charge on any atom is 0.262 e. The largest absolute Gasteiger partial charge is 0.325 e. The number of hydrogen-bond donors (Lipinski definition) is 1. The molecule has 1 aromatic heterocycles. The molecule has 11 heteroatoms. The van der Waals surface area contributed by atoms with Crippen LogP contribution in [-0.4, -0.2) is 48.0 Å². The van der Waals surface area contributed by atoms with Gasteiger partial charge in [-0.1, -0.05) is 42.1 Å². The summed E-state index contributed by atoms with van der Waals surface area (Å²) in [7, 11) is -0.792. The molecule has 0 unspecified atom stereocenters. The van der Waals surface area contributed by atoms with Crippen molar-refractivity contribution >= 4 is 44.3 Å². The molecule has 1 amide bonds. The van der Waals surface area contributed by atoms with Gasteiger partial charge < -0.3 is 5.32 Å². The van der Waals surface area contributed by atoms with Crippen molar-refractivity contribution in [3.05, 3.63) is 94.0 Å². The Morgan fingerprint density at radius 3 is 2.49 bits per heavy atom. The number of anilines is 1. The third kappa shape index (κ3) is 5.90. The Hall–Kier alpha value is -3.54. The van der Waals surface area contributed by atoms with Crippen molar-refractivity contribution in [3.8, 4) is 0 Å². The van der Waals surface area contributed by atoms with E-state index < -0.39 is 10.0 Å². The van der Waals surface area contributed by atoms with E-state index in [-0.39, 0.29) is 34.5 Å². The third-order valence-corrected chi connectivity index (χ3v) is 8.46. The van der Waals surface area contributed by atoms with Crippen molar-refractivity contribution in [3.63, 3.8) is 0 Å². The molecule has 0 aliphatic heterocycles. The van der Waals surface area contributed by atoms with Gasteiger partial charge in [0.2, 0.25) is 15.9 Å². The molecule has 1 heterocycles. The van der Waals surface area contributed by atoms with Crippen LogP contribution >= 0.6 is 11.8 Å². The number of aryl methyl sites for hydroxylation is 1. The summed E-state index contributed by atoms with van der Waals surface area (Å²) in [6.45, 7) is 1.92. The second-order valence-corrected chi connectivity index (χ2v) is 11.6. The van der Waals surface area contributed by atoms with E-state index in [2.05, 4.69) is 10.3 Å². The summed E-state index contributed by atoms with van der Waals surface area (Å²) >= 11 is 1.09. The maximum absolute atomic E-state index is 13.4. The zero-order valence-electron chi connectivity index (χ0n) is 20.4. The first-order valence-electron chi connectivity index (χ1n) is 11.3. The highest BCUT2D eigenvalue weighted by Crippen LogP contribution is 2.24. The topological polar surface area (TPSA) is 101 Å². The number of aromatic nitrogens is 2. The van der Waals surface area contributed by atoms with E-state index in [0.29, 0.717) is 32.9 Å². The number of para-hydroxylation sites is 1. The summed E-state index contributed by atoms with van der Waals surface area (Å²) in [4.78, 5) is 30.8. The van der Waals surface area contributed by atoms with Crippen molar-refractivity contribution in [2.75, 3.05) is 25.2 Å². The van der Waals surface area contributed by atoms with Gasteiger partial charge in [-0.3, -0.25) is 14.2 Å². The monoisotopic (exact) mass is 540 g/mol. The summed E-state index contributed by atoms with van der Waals surface area (Å²) in [5.41, 5.74) is 2.02. The van der Waals surface area contributed by atoms with E-state index in [1.807, 2.05) is 0 Å². The average Bonchev–Trinajstić information content (AvgIpc) is 2.87. The molecule has 4 aromatic rings. The van der Waals surface area contributed by atoms with Gasteiger partial charge in [0.25, 0.3) is 5.56 Å². The Morgan fingerprint density at radius 1 is 1.08 bits per heavy atom. The molecule has 0 bridgehead atoms. The minimum atomic E-state index is -3.67. The number of nitrogens with one attached hydrogen (secondary N) is 1. The fraction of sp³-hybridized carbons (Fsp3) is 0.192. The quantitative estimate of drug-likeness (QED) is 0.269. The standard InChI is InChI=1S/C26H25FN4O4S2/c1-17-8-13-20(37(34,35)30(2)3)14-23(17)28-24(32)16-36-26-29-22-7-5-4-6-21(22)25(33)31(26)15-18-9-11-19(27)12-10-18/h4-14H,15-16H2,1-3H3,(H,28,32).